The van der Waals surface area contributed by atoms with Gasteiger partial charge in [-0.15, -0.1) is 0 Å². The maximum Gasteiger partial charge on any atom is 0.117 e. The van der Waals surface area contributed by atoms with Gasteiger partial charge in [0.2, 0.25) is 0 Å². The first-order chi connectivity index (χ1) is 9.47. The lowest BCUT2D eigenvalue weighted by molar-refractivity contribution is 0.137. The molecule has 4 nitrogen and oxygen atoms in total. The Kier molecular flexibility index (Phi) is 4.65. The quantitative estimate of drug-likeness (QED) is 0.810. The van der Waals surface area contributed by atoms with Crippen LogP contribution in [-0.2, 0) is 20.1 Å². The van der Waals surface area contributed by atoms with E-state index in [-0.39, 0.29) is 0 Å². The van der Waals surface area contributed by atoms with Crippen molar-refractivity contribution in [3.05, 3.63) is 41.6 Å². The van der Waals surface area contributed by atoms with Crippen LogP contribution in [0.1, 0.15) is 37.9 Å². The van der Waals surface area contributed by atoms with E-state index in [1.807, 2.05) is 30.8 Å². The van der Waals surface area contributed by atoms with E-state index in [4.69, 9.17) is 4.42 Å². The molecule has 0 saturated carbocycles. The fraction of sp³-hybridized carbons (Fsp3) is 0.562. The molecule has 0 unspecified atom stereocenters. The van der Waals surface area contributed by atoms with Gasteiger partial charge in [-0.3, -0.25) is 9.58 Å². The third kappa shape index (κ3) is 3.51. The van der Waals surface area contributed by atoms with Crippen LogP contribution in [0.3, 0.4) is 0 Å². The first kappa shape index (κ1) is 14.9. The zero-order valence-electron chi connectivity index (χ0n) is 13.1. The molecule has 110 valence electrons. The van der Waals surface area contributed by atoms with Crippen molar-refractivity contribution in [3.8, 4) is 0 Å². The average Bonchev–Trinajstić information content (AvgIpc) is 2.98. The molecular weight excluding hydrogens is 250 g/mol. The van der Waals surface area contributed by atoms with Gasteiger partial charge in [-0.05, 0) is 38.0 Å². The molecule has 4 heteroatoms. The molecule has 0 saturated heterocycles. The second-order valence-corrected chi connectivity index (χ2v) is 5.87. The average molecular weight is 275 g/mol. The topological polar surface area (TPSA) is 34.2 Å². The van der Waals surface area contributed by atoms with Gasteiger partial charge < -0.3 is 4.42 Å². The van der Waals surface area contributed by atoms with Crippen molar-refractivity contribution in [2.24, 2.45) is 13.0 Å². The number of aromatic nitrogens is 2. The molecule has 0 aliphatic rings. The molecule has 0 fully saturated rings. The summed E-state index contributed by atoms with van der Waals surface area (Å²) in [5.41, 5.74) is 2.30. The molecule has 0 radical (unpaired) electrons. The van der Waals surface area contributed by atoms with E-state index in [1.54, 1.807) is 6.26 Å². The number of furan rings is 1. The van der Waals surface area contributed by atoms with Crippen molar-refractivity contribution in [2.75, 3.05) is 0 Å². The lowest BCUT2D eigenvalue weighted by Gasteiger charge is -2.31. The lowest BCUT2D eigenvalue weighted by Crippen LogP contribution is -2.36. The first-order valence-electron chi connectivity index (χ1n) is 7.23. The maximum atomic E-state index is 5.50. The van der Waals surface area contributed by atoms with Crippen molar-refractivity contribution in [1.29, 1.82) is 0 Å². The Bertz CT molecular complexity index is 528. The molecule has 0 N–H and O–H groups in total. The van der Waals surface area contributed by atoms with Gasteiger partial charge in [0.1, 0.15) is 5.76 Å². The normalized spacial score (nSPS) is 13.3. The van der Waals surface area contributed by atoms with Crippen molar-refractivity contribution in [1.82, 2.24) is 14.7 Å². The molecule has 0 aromatic carbocycles. The molecule has 20 heavy (non-hydrogen) atoms. The molecule has 1 atom stereocenters. The number of aryl methyl sites for hydroxylation is 2. The fourth-order valence-corrected chi connectivity index (χ4v) is 2.39. The summed E-state index contributed by atoms with van der Waals surface area (Å²) in [6.07, 6.45) is 1.74. The summed E-state index contributed by atoms with van der Waals surface area (Å²) in [4.78, 5) is 2.44. The van der Waals surface area contributed by atoms with Crippen LogP contribution in [0.15, 0.2) is 28.9 Å². The molecule has 0 aliphatic heterocycles. The zero-order chi connectivity index (χ0) is 14.7. The molecule has 2 rings (SSSR count). The Morgan fingerprint density at radius 2 is 2.05 bits per heavy atom. The molecule has 0 bridgehead atoms. The van der Waals surface area contributed by atoms with E-state index < -0.39 is 0 Å². The van der Waals surface area contributed by atoms with Gasteiger partial charge in [-0.1, -0.05) is 13.8 Å². The third-order valence-electron chi connectivity index (χ3n) is 3.94. The minimum Gasteiger partial charge on any atom is -0.468 e. The van der Waals surface area contributed by atoms with Gasteiger partial charge in [-0.2, -0.15) is 5.10 Å². The van der Waals surface area contributed by atoms with Crippen molar-refractivity contribution >= 4 is 0 Å². The molecule has 0 amide bonds. The summed E-state index contributed by atoms with van der Waals surface area (Å²) < 4.78 is 7.47. The van der Waals surface area contributed by atoms with Gasteiger partial charge in [-0.25, -0.2) is 0 Å². The lowest BCUT2D eigenvalue weighted by atomic mass is 10.0. The van der Waals surface area contributed by atoms with Crippen molar-refractivity contribution < 1.29 is 4.42 Å². The van der Waals surface area contributed by atoms with Crippen LogP contribution in [0.2, 0.25) is 0 Å². The first-order valence-corrected chi connectivity index (χ1v) is 7.23. The Morgan fingerprint density at radius 3 is 2.55 bits per heavy atom. The van der Waals surface area contributed by atoms with Crippen LogP contribution in [0.25, 0.3) is 0 Å². The number of nitrogens with zero attached hydrogens (tertiary/aromatic N) is 3. The number of hydrogen-bond donors (Lipinski definition) is 0. The van der Waals surface area contributed by atoms with Crippen molar-refractivity contribution in [3.63, 3.8) is 0 Å². The predicted octanol–water partition coefficient (Wildman–Crippen LogP) is 3.37. The van der Waals surface area contributed by atoms with E-state index in [0.29, 0.717) is 12.0 Å². The summed E-state index contributed by atoms with van der Waals surface area (Å²) in [5.74, 6) is 1.61. The minimum absolute atomic E-state index is 0.482. The van der Waals surface area contributed by atoms with E-state index in [9.17, 15) is 0 Å². The van der Waals surface area contributed by atoms with Crippen LogP contribution in [-0.4, -0.2) is 20.7 Å². The van der Waals surface area contributed by atoms with Gasteiger partial charge in [0, 0.05) is 19.6 Å². The molecule has 2 aromatic heterocycles. The van der Waals surface area contributed by atoms with E-state index in [0.717, 1.165) is 24.5 Å². The molecule has 0 aliphatic carbocycles. The van der Waals surface area contributed by atoms with Crippen LogP contribution in [0.4, 0.5) is 0 Å². The highest BCUT2D eigenvalue weighted by Crippen LogP contribution is 2.18. The Balaban J connectivity index is 2.15. The number of hydrogen-bond acceptors (Lipinski definition) is 3. The minimum atomic E-state index is 0.482. The zero-order valence-corrected chi connectivity index (χ0v) is 13.1. The maximum absolute atomic E-state index is 5.50. The summed E-state index contributed by atoms with van der Waals surface area (Å²) in [7, 11) is 2.01. The largest absolute Gasteiger partial charge is 0.468 e. The van der Waals surface area contributed by atoms with Gasteiger partial charge in [0.15, 0.2) is 0 Å². The van der Waals surface area contributed by atoms with Crippen LogP contribution < -0.4 is 0 Å². The van der Waals surface area contributed by atoms with Gasteiger partial charge in [0.25, 0.3) is 0 Å². The van der Waals surface area contributed by atoms with Crippen molar-refractivity contribution in [2.45, 2.75) is 46.8 Å². The van der Waals surface area contributed by atoms with E-state index >= 15 is 0 Å². The van der Waals surface area contributed by atoms with Crippen LogP contribution in [0.5, 0.6) is 0 Å². The summed E-state index contributed by atoms with van der Waals surface area (Å²) in [6.45, 7) is 10.5. The van der Waals surface area contributed by atoms with Crippen LogP contribution in [0, 0.1) is 12.8 Å². The standard InChI is InChI=1S/C16H25N3O/c1-12(2)14(4)19(11-16-7-6-8-20-16)10-15-9-13(3)17-18(15)5/h6-9,12,14H,10-11H2,1-5H3/t14-/m0/s1. The van der Waals surface area contributed by atoms with Gasteiger partial charge >= 0.3 is 0 Å². The van der Waals surface area contributed by atoms with Crippen LogP contribution >= 0.6 is 0 Å². The summed E-state index contributed by atoms with van der Waals surface area (Å²) in [5, 5.41) is 4.43. The third-order valence-corrected chi connectivity index (χ3v) is 3.94. The second kappa shape index (κ2) is 6.27. The van der Waals surface area contributed by atoms with Gasteiger partial charge in [0.05, 0.1) is 24.2 Å². The monoisotopic (exact) mass is 275 g/mol. The summed E-state index contributed by atoms with van der Waals surface area (Å²) in [6, 6.07) is 6.62. The Hall–Kier alpha value is -1.55. The molecule has 0 spiro atoms. The Labute approximate surface area is 121 Å². The molecule has 2 aromatic rings. The smallest absolute Gasteiger partial charge is 0.117 e. The molecular formula is C16H25N3O. The fourth-order valence-electron chi connectivity index (χ4n) is 2.39. The van der Waals surface area contributed by atoms with E-state index in [1.165, 1.54) is 5.69 Å². The molecule has 2 heterocycles. The van der Waals surface area contributed by atoms with E-state index in [2.05, 4.69) is 36.8 Å². The SMILES string of the molecule is Cc1cc(CN(Cc2ccco2)[C@@H](C)C(C)C)n(C)n1. The highest BCUT2D eigenvalue weighted by atomic mass is 16.3. The number of rotatable bonds is 6. The predicted molar refractivity (Wildman–Crippen MR) is 80.2 cm³/mol. The summed E-state index contributed by atoms with van der Waals surface area (Å²) >= 11 is 0. The highest BCUT2D eigenvalue weighted by Gasteiger charge is 2.20. The second-order valence-electron chi connectivity index (χ2n) is 5.87. The Morgan fingerprint density at radius 1 is 1.30 bits per heavy atom. The highest BCUT2D eigenvalue weighted by molar-refractivity contribution is 5.09.